The highest BCUT2D eigenvalue weighted by atomic mass is 35.5. The number of fused-ring (bicyclic) bond motifs is 1. The van der Waals surface area contributed by atoms with Gasteiger partial charge in [-0.2, -0.15) is 13.2 Å². The monoisotopic (exact) mass is 416 g/mol. The van der Waals surface area contributed by atoms with Gasteiger partial charge in [-0.05, 0) is 35.7 Å². The highest BCUT2D eigenvalue weighted by Gasteiger charge is 2.37. The molecule has 0 aliphatic carbocycles. The number of benzene rings is 2. The Kier molecular flexibility index (Phi) is 5.29. The Morgan fingerprint density at radius 2 is 1.71 bits per heavy atom. The second-order valence-corrected chi connectivity index (χ2v) is 6.63. The summed E-state index contributed by atoms with van der Waals surface area (Å²) in [6.45, 7) is 0.642. The molecule has 0 N–H and O–H groups in total. The first-order valence-corrected chi connectivity index (χ1v) is 8.57. The number of nitro groups is 1. The van der Waals surface area contributed by atoms with E-state index in [4.69, 9.17) is 21.1 Å². The number of rotatable bonds is 4. The van der Waals surface area contributed by atoms with Gasteiger partial charge in [0, 0.05) is 19.2 Å². The van der Waals surface area contributed by atoms with Crippen molar-refractivity contribution in [1.82, 2.24) is 0 Å². The normalized spacial score (nSPS) is 13.9. The van der Waals surface area contributed by atoms with Crippen LogP contribution in [0.1, 0.15) is 16.7 Å². The SMILES string of the molecule is COc1cc2c(cc1OC)CN(c1cc(Cl)c(C(F)(F)F)cc1[N+](=O)[O-])CC2. The van der Waals surface area contributed by atoms with E-state index in [1.807, 2.05) is 6.07 Å². The molecule has 0 atom stereocenters. The number of hydrogen-bond acceptors (Lipinski definition) is 5. The summed E-state index contributed by atoms with van der Waals surface area (Å²) in [5.74, 6) is 1.07. The van der Waals surface area contributed by atoms with E-state index in [0.29, 0.717) is 30.5 Å². The van der Waals surface area contributed by atoms with Crippen molar-refractivity contribution in [3.63, 3.8) is 0 Å². The van der Waals surface area contributed by atoms with Crippen molar-refractivity contribution in [2.24, 2.45) is 0 Å². The van der Waals surface area contributed by atoms with E-state index < -0.39 is 27.4 Å². The first kappa shape index (κ1) is 20.1. The van der Waals surface area contributed by atoms with Crippen LogP contribution in [0.5, 0.6) is 11.5 Å². The summed E-state index contributed by atoms with van der Waals surface area (Å²) < 4.78 is 49.8. The van der Waals surface area contributed by atoms with Gasteiger partial charge >= 0.3 is 6.18 Å². The number of hydrogen-bond donors (Lipinski definition) is 0. The fourth-order valence-electron chi connectivity index (χ4n) is 3.26. The van der Waals surface area contributed by atoms with Gasteiger partial charge in [0.1, 0.15) is 5.69 Å². The number of anilines is 1. The summed E-state index contributed by atoms with van der Waals surface area (Å²) >= 11 is 5.79. The first-order valence-electron chi connectivity index (χ1n) is 8.19. The minimum absolute atomic E-state index is 0.0448. The van der Waals surface area contributed by atoms with Gasteiger partial charge in [-0.3, -0.25) is 10.1 Å². The molecule has 1 aliphatic heterocycles. The minimum Gasteiger partial charge on any atom is -0.493 e. The lowest BCUT2D eigenvalue weighted by atomic mass is 9.98. The molecule has 0 bridgehead atoms. The number of ether oxygens (including phenoxy) is 2. The van der Waals surface area contributed by atoms with Crippen LogP contribution in [0.15, 0.2) is 24.3 Å². The zero-order valence-corrected chi connectivity index (χ0v) is 15.7. The van der Waals surface area contributed by atoms with Gasteiger partial charge in [0.15, 0.2) is 11.5 Å². The van der Waals surface area contributed by atoms with E-state index in [9.17, 15) is 23.3 Å². The van der Waals surface area contributed by atoms with Crippen LogP contribution < -0.4 is 14.4 Å². The maximum absolute atomic E-state index is 13.1. The Bertz CT molecular complexity index is 934. The largest absolute Gasteiger partial charge is 0.493 e. The second kappa shape index (κ2) is 7.38. The lowest BCUT2D eigenvalue weighted by Crippen LogP contribution is -2.31. The average Bonchev–Trinajstić information content (AvgIpc) is 2.64. The lowest BCUT2D eigenvalue weighted by Gasteiger charge is -2.31. The maximum Gasteiger partial charge on any atom is 0.418 e. The molecule has 0 aromatic heterocycles. The van der Waals surface area contributed by atoms with Crippen LogP contribution in [0, 0.1) is 10.1 Å². The van der Waals surface area contributed by atoms with Crippen molar-refractivity contribution in [2.75, 3.05) is 25.7 Å². The molecule has 10 heteroatoms. The molecule has 28 heavy (non-hydrogen) atoms. The Balaban J connectivity index is 2.04. The summed E-state index contributed by atoms with van der Waals surface area (Å²) in [7, 11) is 3.01. The topological polar surface area (TPSA) is 64.8 Å². The molecular formula is C18H16ClF3N2O4. The summed E-state index contributed by atoms with van der Waals surface area (Å²) in [6, 6.07) is 5.09. The van der Waals surface area contributed by atoms with Gasteiger partial charge in [-0.1, -0.05) is 11.6 Å². The first-order chi connectivity index (χ1) is 13.2. The molecule has 1 heterocycles. The Hall–Kier alpha value is -2.68. The quantitative estimate of drug-likeness (QED) is 0.526. The molecule has 6 nitrogen and oxygen atoms in total. The summed E-state index contributed by atoms with van der Waals surface area (Å²) in [6.07, 6.45) is -4.25. The lowest BCUT2D eigenvalue weighted by molar-refractivity contribution is -0.384. The van der Waals surface area contributed by atoms with Crippen LogP contribution in [0.2, 0.25) is 5.02 Å². The van der Waals surface area contributed by atoms with Gasteiger partial charge in [0.2, 0.25) is 0 Å². The molecular weight excluding hydrogens is 401 g/mol. The molecule has 3 rings (SSSR count). The van der Waals surface area contributed by atoms with Crippen molar-refractivity contribution in [1.29, 1.82) is 0 Å². The minimum atomic E-state index is -4.78. The van der Waals surface area contributed by atoms with Crippen LogP contribution >= 0.6 is 11.6 Å². The molecule has 0 radical (unpaired) electrons. The zero-order valence-electron chi connectivity index (χ0n) is 15.0. The predicted molar refractivity (Wildman–Crippen MR) is 97.4 cm³/mol. The van der Waals surface area contributed by atoms with Gasteiger partial charge in [-0.25, -0.2) is 0 Å². The maximum atomic E-state index is 13.1. The molecule has 0 saturated heterocycles. The molecule has 1 aliphatic rings. The van der Waals surface area contributed by atoms with E-state index in [1.54, 1.807) is 11.0 Å². The molecule has 0 saturated carbocycles. The van der Waals surface area contributed by atoms with Crippen LogP contribution in [-0.2, 0) is 19.1 Å². The average molecular weight is 417 g/mol. The van der Waals surface area contributed by atoms with Gasteiger partial charge in [-0.15, -0.1) is 0 Å². The van der Waals surface area contributed by atoms with E-state index in [1.165, 1.54) is 14.2 Å². The highest BCUT2D eigenvalue weighted by Crippen LogP contribution is 2.43. The summed E-state index contributed by atoms with van der Waals surface area (Å²) in [4.78, 5) is 12.2. The number of halogens is 4. The third-order valence-electron chi connectivity index (χ3n) is 4.63. The fourth-order valence-corrected chi connectivity index (χ4v) is 3.52. The summed E-state index contributed by atoms with van der Waals surface area (Å²) in [5.41, 5.74) is 0.00120. The Morgan fingerprint density at radius 3 is 2.25 bits per heavy atom. The smallest absolute Gasteiger partial charge is 0.418 e. The fraction of sp³-hybridized carbons (Fsp3) is 0.333. The molecule has 0 unspecified atom stereocenters. The molecule has 0 amide bonds. The number of nitrogens with zero attached hydrogens (tertiary/aromatic N) is 2. The van der Waals surface area contributed by atoms with E-state index in [0.717, 1.165) is 17.2 Å². The molecule has 2 aromatic rings. The number of nitro benzene ring substituents is 1. The van der Waals surface area contributed by atoms with Crippen molar-refractivity contribution in [2.45, 2.75) is 19.1 Å². The highest BCUT2D eigenvalue weighted by molar-refractivity contribution is 6.31. The van der Waals surface area contributed by atoms with Crippen LogP contribution in [0.25, 0.3) is 0 Å². The van der Waals surface area contributed by atoms with E-state index in [-0.39, 0.29) is 12.2 Å². The van der Waals surface area contributed by atoms with Crippen molar-refractivity contribution < 1.29 is 27.6 Å². The van der Waals surface area contributed by atoms with E-state index in [2.05, 4.69) is 0 Å². The molecule has 0 spiro atoms. The van der Waals surface area contributed by atoms with Gasteiger partial charge in [0.05, 0.1) is 29.7 Å². The van der Waals surface area contributed by atoms with Crippen molar-refractivity contribution in [3.8, 4) is 11.5 Å². The third kappa shape index (κ3) is 3.66. The predicted octanol–water partition coefficient (Wildman–Crippen LogP) is 4.85. The Labute approximate surface area is 163 Å². The van der Waals surface area contributed by atoms with Crippen LogP contribution in [0.4, 0.5) is 24.5 Å². The van der Waals surface area contributed by atoms with Crippen molar-refractivity contribution in [3.05, 3.63) is 56.1 Å². The van der Waals surface area contributed by atoms with E-state index >= 15 is 0 Å². The zero-order chi connectivity index (χ0) is 20.6. The molecule has 0 fully saturated rings. The molecule has 2 aromatic carbocycles. The standard InChI is InChI=1S/C18H16ClF3N2O4/c1-27-16-5-10-3-4-23(9-11(10)6-17(16)28-2)14-8-13(19)12(18(20,21)22)7-15(14)24(25)26/h5-8H,3-4,9H2,1-2H3. The Morgan fingerprint density at radius 1 is 1.11 bits per heavy atom. The van der Waals surface area contributed by atoms with Gasteiger partial charge in [0.25, 0.3) is 5.69 Å². The summed E-state index contributed by atoms with van der Waals surface area (Å²) in [5, 5.41) is 10.8. The van der Waals surface area contributed by atoms with Crippen LogP contribution in [0.3, 0.4) is 0 Å². The van der Waals surface area contributed by atoms with Crippen molar-refractivity contribution >= 4 is 23.0 Å². The third-order valence-corrected chi connectivity index (χ3v) is 4.94. The molecule has 150 valence electrons. The number of alkyl halides is 3. The van der Waals surface area contributed by atoms with Gasteiger partial charge < -0.3 is 14.4 Å². The number of methoxy groups -OCH3 is 2. The second-order valence-electron chi connectivity index (χ2n) is 6.22. The van der Waals surface area contributed by atoms with Crippen LogP contribution in [-0.4, -0.2) is 25.7 Å².